The Morgan fingerprint density at radius 3 is 2.47 bits per heavy atom. The average molecular weight is 615 g/mol. The standard InChI is InChI=1S/C29H25BrClNO5S/c1-17(2)22-10-4-18(3)14-25(22)36-13-12-32-27(33)26(38-29(32)35)16-19-5-11-24(23(30)15-19)37-28(34)20-6-8-21(31)9-7-20/h4-11,14-17H,12-13H2,1-3H3/b26-16-. The summed E-state index contributed by atoms with van der Waals surface area (Å²) in [7, 11) is 0. The second-order valence-electron chi connectivity index (χ2n) is 8.96. The molecule has 0 radical (unpaired) electrons. The zero-order valence-corrected chi connectivity index (χ0v) is 24.2. The number of ether oxygens (including phenoxy) is 2. The van der Waals surface area contributed by atoms with Gasteiger partial charge in [-0.1, -0.05) is 43.6 Å². The first-order chi connectivity index (χ1) is 18.1. The fraction of sp³-hybridized carbons (Fsp3) is 0.207. The molecule has 1 saturated heterocycles. The molecule has 0 unspecified atom stereocenters. The highest BCUT2D eigenvalue weighted by atomic mass is 79.9. The van der Waals surface area contributed by atoms with Gasteiger partial charge in [-0.25, -0.2) is 4.79 Å². The van der Waals surface area contributed by atoms with Gasteiger partial charge in [0.1, 0.15) is 18.1 Å². The first-order valence-electron chi connectivity index (χ1n) is 11.9. The molecule has 0 aromatic heterocycles. The lowest BCUT2D eigenvalue weighted by Gasteiger charge is -2.17. The molecule has 9 heteroatoms. The van der Waals surface area contributed by atoms with Crippen molar-refractivity contribution < 1.29 is 23.9 Å². The molecule has 2 amide bonds. The molecule has 1 heterocycles. The van der Waals surface area contributed by atoms with Gasteiger partial charge in [0.05, 0.1) is 21.5 Å². The predicted molar refractivity (Wildman–Crippen MR) is 154 cm³/mol. The third kappa shape index (κ3) is 6.67. The third-order valence-corrected chi connectivity index (χ3v) is 7.55. The molecule has 0 spiro atoms. The Bertz CT molecular complexity index is 1420. The van der Waals surface area contributed by atoms with Crippen molar-refractivity contribution in [1.82, 2.24) is 4.90 Å². The normalized spacial score (nSPS) is 14.5. The zero-order valence-electron chi connectivity index (χ0n) is 21.0. The van der Waals surface area contributed by atoms with Gasteiger partial charge in [-0.15, -0.1) is 0 Å². The summed E-state index contributed by atoms with van der Waals surface area (Å²) < 4.78 is 12.0. The van der Waals surface area contributed by atoms with Crippen molar-refractivity contribution in [3.8, 4) is 11.5 Å². The zero-order chi connectivity index (χ0) is 27.4. The van der Waals surface area contributed by atoms with E-state index in [0.717, 1.165) is 28.6 Å². The first-order valence-corrected chi connectivity index (χ1v) is 13.9. The molecule has 0 bridgehead atoms. The predicted octanol–water partition coefficient (Wildman–Crippen LogP) is 7.87. The molecule has 3 aromatic rings. The maximum atomic E-state index is 12.9. The molecular weight excluding hydrogens is 590 g/mol. The number of carbonyl (C=O) groups is 3. The van der Waals surface area contributed by atoms with E-state index < -0.39 is 5.97 Å². The molecule has 1 aliphatic heterocycles. The molecule has 38 heavy (non-hydrogen) atoms. The minimum absolute atomic E-state index is 0.150. The maximum absolute atomic E-state index is 12.9. The van der Waals surface area contributed by atoms with Crippen molar-refractivity contribution >= 4 is 62.5 Å². The molecule has 0 N–H and O–H groups in total. The summed E-state index contributed by atoms with van der Waals surface area (Å²) in [5.74, 6) is 0.488. The largest absolute Gasteiger partial charge is 0.491 e. The Hall–Kier alpha value is -3.07. The monoisotopic (exact) mass is 613 g/mol. The van der Waals surface area contributed by atoms with Crippen LogP contribution in [0.3, 0.4) is 0 Å². The van der Waals surface area contributed by atoms with Gasteiger partial charge in [0, 0.05) is 5.02 Å². The lowest BCUT2D eigenvalue weighted by molar-refractivity contribution is -0.123. The van der Waals surface area contributed by atoms with Gasteiger partial charge in [-0.05, 0) is 106 Å². The third-order valence-electron chi connectivity index (χ3n) is 5.77. The van der Waals surface area contributed by atoms with Gasteiger partial charge in [-0.2, -0.15) is 0 Å². The number of hydrogen-bond acceptors (Lipinski definition) is 6. The molecule has 6 nitrogen and oxygen atoms in total. The minimum Gasteiger partial charge on any atom is -0.491 e. The summed E-state index contributed by atoms with van der Waals surface area (Å²) in [6.45, 7) is 6.53. The van der Waals surface area contributed by atoms with Crippen molar-refractivity contribution in [2.45, 2.75) is 26.7 Å². The summed E-state index contributed by atoms with van der Waals surface area (Å²) >= 11 is 10.2. The van der Waals surface area contributed by atoms with Crippen LogP contribution in [0.5, 0.6) is 11.5 Å². The summed E-state index contributed by atoms with van der Waals surface area (Å²) in [5.41, 5.74) is 3.20. The molecule has 0 saturated carbocycles. The second kappa shape index (κ2) is 12.2. The second-order valence-corrected chi connectivity index (χ2v) is 11.2. The van der Waals surface area contributed by atoms with Gasteiger partial charge < -0.3 is 9.47 Å². The number of imide groups is 1. The number of benzene rings is 3. The van der Waals surface area contributed by atoms with Crippen molar-refractivity contribution in [1.29, 1.82) is 0 Å². The molecule has 1 fully saturated rings. The molecule has 0 atom stereocenters. The topological polar surface area (TPSA) is 72.9 Å². The number of carbonyl (C=O) groups excluding carboxylic acids is 3. The van der Waals surface area contributed by atoms with E-state index >= 15 is 0 Å². The van der Waals surface area contributed by atoms with E-state index in [2.05, 4.69) is 29.8 Å². The number of aryl methyl sites for hydroxylation is 1. The SMILES string of the molecule is Cc1ccc(C(C)C)c(OCCN2C(=O)S/C(=C\c3ccc(OC(=O)c4ccc(Cl)cc4)c(Br)c3)C2=O)c1. The van der Waals surface area contributed by atoms with Crippen LogP contribution in [0.4, 0.5) is 4.79 Å². The van der Waals surface area contributed by atoms with Crippen LogP contribution in [0.2, 0.25) is 5.02 Å². The van der Waals surface area contributed by atoms with Gasteiger partial charge in [-0.3, -0.25) is 14.5 Å². The van der Waals surface area contributed by atoms with Gasteiger partial charge in [0.2, 0.25) is 0 Å². The van der Waals surface area contributed by atoms with Crippen LogP contribution < -0.4 is 9.47 Å². The summed E-state index contributed by atoms with van der Waals surface area (Å²) in [5, 5.41) is 0.182. The van der Waals surface area contributed by atoms with Crippen LogP contribution in [0.1, 0.15) is 46.8 Å². The lowest BCUT2D eigenvalue weighted by Crippen LogP contribution is -2.32. The average Bonchev–Trinajstić information content (AvgIpc) is 3.13. The fourth-order valence-corrected chi connectivity index (χ4v) is 5.24. The van der Waals surface area contributed by atoms with Gasteiger partial charge in [0.15, 0.2) is 0 Å². The van der Waals surface area contributed by atoms with E-state index in [-0.39, 0.29) is 30.2 Å². The molecule has 0 aliphatic carbocycles. The molecule has 1 aliphatic rings. The first kappa shape index (κ1) is 28.0. The van der Waals surface area contributed by atoms with Crippen molar-refractivity contribution in [3.63, 3.8) is 0 Å². The number of hydrogen-bond donors (Lipinski definition) is 0. The number of rotatable bonds is 8. The molecular formula is C29H25BrClNO5S. The number of amides is 2. The molecule has 196 valence electrons. The maximum Gasteiger partial charge on any atom is 0.343 e. The van der Waals surface area contributed by atoms with E-state index in [1.807, 2.05) is 25.1 Å². The number of halogens is 2. The van der Waals surface area contributed by atoms with E-state index in [1.165, 1.54) is 4.90 Å². The Kier molecular flexibility index (Phi) is 8.97. The van der Waals surface area contributed by atoms with Crippen LogP contribution in [-0.2, 0) is 4.79 Å². The van der Waals surface area contributed by atoms with E-state index in [9.17, 15) is 14.4 Å². The van der Waals surface area contributed by atoms with Crippen molar-refractivity contribution in [2.75, 3.05) is 13.2 Å². The van der Waals surface area contributed by atoms with Crippen LogP contribution >= 0.6 is 39.3 Å². The van der Waals surface area contributed by atoms with Crippen LogP contribution in [-0.4, -0.2) is 35.2 Å². The minimum atomic E-state index is -0.523. The van der Waals surface area contributed by atoms with E-state index in [4.69, 9.17) is 21.1 Å². The highest BCUT2D eigenvalue weighted by molar-refractivity contribution is 9.10. The van der Waals surface area contributed by atoms with Crippen molar-refractivity contribution in [2.24, 2.45) is 0 Å². The Balaban J connectivity index is 1.40. The summed E-state index contributed by atoms with van der Waals surface area (Å²) in [6.07, 6.45) is 1.64. The Morgan fingerprint density at radius 1 is 1.05 bits per heavy atom. The highest BCUT2D eigenvalue weighted by Crippen LogP contribution is 2.34. The van der Waals surface area contributed by atoms with Gasteiger partial charge >= 0.3 is 5.97 Å². The Labute approximate surface area is 239 Å². The summed E-state index contributed by atoms with van der Waals surface area (Å²) in [4.78, 5) is 39.4. The van der Waals surface area contributed by atoms with Crippen LogP contribution in [0.15, 0.2) is 70.0 Å². The van der Waals surface area contributed by atoms with Gasteiger partial charge in [0.25, 0.3) is 11.1 Å². The summed E-state index contributed by atoms with van der Waals surface area (Å²) in [6, 6.07) is 17.5. The van der Waals surface area contributed by atoms with Crippen LogP contribution in [0, 0.1) is 6.92 Å². The fourth-order valence-electron chi connectivity index (χ4n) is 3.77. The highest BCUT2D eigenvalue weighted by Gasteiger charge is 2.35. The van der Waals surface area contributed by atoms with E-state index in [1.54, 1.807) is 48.5 Å². The molecule has 3 aromatic carbocycles. The lowest BCUT2D eigenvalue weighted by atomic mass is 10.0. The van der Waals surface area contributed by atoms with Crippen LogP contribution in [0.25, 0.3) is 6.08 Å². The quantitative estimate of drug-likeness (QED) is 0.146. The number of esters is 1. The van der Waals surface area contributed by atoms with E-state index in [0.29, 0.717) is 31.3 Å². The Morgan fingerprint density at radius 2 is 1.79 bits per heavy atom. The number of thioether (sulfide) groups is 1. The number of nitrogens with zero attached hydrogens (tertiary/aromatic N) is 1. The molecule has 4 rings (SSSR count). The smallest absolute Gasteiger partial charge is 0.343 e. The van der Waals surface area contributed by atoms with Crippen molar-refractivity contribution in [3.05, 3.63) is 97.3 Å².